The highest BCUT2D eigenvalue weighted by Gasteiger charge is 2.22. The molecule has 4 nitrogen and oxygen atoms in total. The Balaban J connectivity index is 1.70. The summed E-state index contributed by atoms with van der Waals surface area (Å²) in [7, 11) is 0. The van der Waals surface area contributed by atoms with Crippen molar-refractivity contribution in [2.45, 2.75) is 25.9 Å². The average molecular weight is 277 g/mol. The molecule has 2 rings (SSSR count). The van der Waals surface area contributed by atoms with Crippen molar-refractivity contribution in [3.05, 3.63) is 35.9 Å². The largest absolute Gasteiger partial charge is 0.459 e. The lowest BCUT2D eigenvalue weighted by atomic mass is 10.1. The number of likely N-dealkylation sites (tertiary alicyclic amines) is 1. The van der Waals surface area contributed by atoms with Gasteiger partial charge in [-0.3, -0.25) is 0 Å². The predicted molar refractivity (Wildman–Crippen MR) is 77.8 cm³/mol. The Morgan fingerprint density at radius 1 is 1.25 bits per heavy atom. The minimum absolute atomic E-state index is 0.0473. The van der Waals surface area contributed by atoms with E-state index in [4.69, 9.17) is 9.47 Å². The summed E-state index contributed by atoms with van der Waals surface area (Å²) in [5, 5.41) is 0. The third kappa shape index (κ3) is 4.62. The van der Waals surface area contributed by atoms with Crippen molar-refractivity contribution in [1.29, 1.82) is 0 Å². The first kappa shape index (κ1) is 15.0. The smallest absolute Gasteiger partial charge is 0.338 e. The fourth-order valence-electron chi connectivity index (χ4n) is 2.38. The molecule has 1 saturated heterocycles. The van der Waals surface area contributed by atoms with Crippen LogP contribution in [0.3, 0.4) is 0 Å². The van der Waals surface area contributed by atoms with E-state index < -0.39 is 0 Å². The van der Waals surface area contributed by atoms with Crippen LogP contribution in [0.15, 0.2) is 30.3 Å². The summed E-state index contributed by atoms with van der Waals surface area (Å²) in [5.41, 5.74) is 0.631. The molecule has 1 fully saturated rings. The molecule has 0 saturated carbocycles. The van der Waals surface area contributed by atoms with Gasteiger partial charge in [0.25, 0.3) is 0 Å². The van der Waals surface area contributed by atoms with Crippen LogP contribution in [-0.2, 0) is 9.47 Å². The van der Waals surface area contributed by atoms with E-state index in [0.717, 1.165) is 45.7 Å². The number of nitrogens with zero attached hydrogens (tertiary/aromatic N) is 1. The van der Waals surface area contributed by atoms with Crippen LogP contribution in [0.25, 0.3) is 0 Å². The molecule has 0 spiro atoms. The van der Waals surface area contributed by atoms with Crippen LogP contribution in [0, 0.1) is 0 Å². The van der Waals surface area contributed by atoms with Gasteiger partial charge in [0.1, 0.15) is 6.10 Å². The molecule has 1 aromatic carbocycles. The van der Waals surface area contributed by atoms with E-state index in [1.165, 1.54) is 0 Å². The van der Waals surface area contributed by atoms with E-state index in [9.17, 15) is 4.79 Å². The maximum Gasteiger partial charge on any atom is 0.338 e. The van der Waals surface area contributed by atoms with Gasteiger partial charge in [-0.2, -0.15) is 0 Å². The van der Waals surface area contributed by atoms with Gasteiger partial charge in [0.05, 0.1) is 12.2 Å². The van der Waals surface area contributed by atoms with E-state index in [1.54, 1.807) is 12.1 Å². The summed E-state index contributed by atoms with van der Waals surface area (Å²) in [4.78, 5) is 14.3. The maximum atomic E-state index is 11.9. The van der Waals surface area contributed by atoms with Crippen molar-refractivity contribution in [1.82, 2.24) is 4.90 Å². The second-order valence-corrected chi connectivity index (χ2v) is 5.01. The van der Waals surface area contributed by atoms with Crippen LogP contribution in [0.1, 0.15) is 30.1 Å². The highest BCUT2D eigenvalue weighted by molar-refractivity contribution is 5.89. The van der Waals surface area contributed by atoms with Gasteiger partial charge >= 0.3 is 5.97 Å². The van der Waals surface area contributed by atoms with Crippen molar-refractivity contribution in [3.63, 3.8) is 0 Å². The molecule has 0 unspecified atom stereocenters. The molecule has 0 atom stereocenters. The van der Waals surface area contributed by atoms with Crippen LogP contribution in [-0.4, -0.2) is 49.8 Å². The summed E-state index contributed by atoms with van der Waals surface area (Å²) in [6.07, 6.45) is 1.86. The van der Waals surface area contributed by atoms with Gasteiger partial charge in [0, 0.05) is 26.2 Å². The second kappa shape index (κ2) is 8.02. The molecule has 0 bridgehead atoms. The number of hydrogen-bond acceptors (Lipinski definition) is 4. The van der Waals surface area contributed by atoms with Crippen molar-refractivity contribution in [2.24, 2.45) is 0 Å². The van der Waals surface area contributed by atoms with Crippen LogP contribution >= 0.6 is 0 Å². The van der Waals surface area contributed by atoms with E-state index in [0.29, 0.717) is 5.56 Å². The van der Waals surface area contributed by atoms with Crippen LogP contribution in [0.2, 0.25) is 0 Å². The number of esters is 1. The Morgan fingerprint density at radius 3 is 2.60 bits per heavy atom. The van der Waals surface area contributed by atoms with Crippen molar-refractivity contribution in [2.75, 3.05) is 32.8 Å². The van der Waals surface area contributed by atoms with Crippen molar-refractivity contribution in [3.8, 4) is 0 Å². The molecule has 0 N–H and O–H groups in total. The van der Waals surface area contributed by atoms with Gasteiger partial charge in [0.2, 0.25) is 0 Å². The number of benzene rings is 1. The molecule has 1 aromatic rings. The van der Waals surface area contributed by atoms with Crippen LogP contribution in [0.5, 0.6) is 0 Å². The van der Waals surface area contributed by atoms with Crippen molar-refractivity contribution >= 4 is 5.97 Å². The summed E-state index contributed by atoms with van der Waals surface area (Å²) in [6.45, 7) is 6.47. The number of hydrogen-bond donors (Lipinski definition) is 0. The zero-order chi connectivity index (χ0) is 14.2. The van der Waals surface area contributed by atoms with E-state index in [1.807, 2.05) is 25.1 Å². The molecule has 0 radical (unpaired) electrons. The van der Waals surface area contributed by atoms with Crippen LogP contribution in [0.4, 0.5) is 0 Å². The van der Waals surface area contributed by atoms with Gasteiger partial charge in [-0.25, -0.2) is 4.79 Å². The maximum absolute atomic E-state index is 11.9. The van der Waals surface area contributed by atoms with Gasteiger partial charge in [-0.05, 0) is 31.9 Å². The predicted octanol–water partition coefficient (Wildman–Crippen LogP) is 2.34. The Kier molecular flexibility index (Phi) is 6.02. The molecule has 0 aromatic heterocycles. The number of carbonyl (C=O) groups excluding carboxylic acids is 1. The third-order valence-electron chi connectivity index (χ3n) is 3.57. The monoisotopic (exact) mass is 277 g/mol. The van der Waals surface area contributed by atoms with Gasteiger partial charge < -0.3 is 14.4 Å². The standard InChI is InChI=1S/C16H23NO3/c1-2-19-13-12-17-10-8-15(9-11-17)20-16(18)14-6-4-3-5-7-14/h3-7,15H,2,8-13H2,1H3. The number of piperidine rings is 1. The van der Waals surface area contributed by atoms with Crippen molar-refractivity contribution < 1.29 is 14.3 Å². The molecular weight excluding hydrogens is 254 g/mol. The zero-order valence-electron chi connectivity index (χ0n) is 12.1. The number of rotatable bonds is 6. The summed E-state index contributed by atoms with van der Waals surface area (Å²) in [6, 6.07) is 9.19. The molecule has 1 heterocycles. The highest BCUT2D eigenvalue weighted by atomic mass is 16.5. The van der Waals surface area contributed by atoms with E-state index in [2.05, 4.69) is 4.90 Å². The lowest BCUT2D eigenvalue weighted by molar-refractivity contribution is 0.00765. The third-order valence-corrected chi connectivity index (χ3v) is 3.57. The molecule has 0 aliphatic carbocycles. The number of ether oxygens (including phenoxy) is 2. The van der Waals surface area contributed by atoms with Gasteiger partial charge in [-0.1, -0.05) is 18.2 Å². The molecule has 1 aliphatic rings. The quantitative estimate of drug-likeness (QED) is 0.591. The topological polar surface area (TPSA) is 38.8 Å². The molecular formula is C16H23NO3. The summed E-state index contributed by atoms with van der Waals surface area (Å²) >= 11 is 0. The molecule has 4 heteroatoms. The normalized spacial score (nSPS) is 17.1. The first-order chi connectivity index (χ1) is 9.79. The highest BCUT2D eigenvalue weighted by Crippen LogP contribution is 2.15. The first-order valence-electron chi connectivity index (χ1n) is 7.35. The Bertz CT molecular complexity index is 399. The molecule has 1 aliphatic heterocycles. The van der Waals surface area contributed by atoms with E-state index >= 15 is 0 Å². The van der Waals surface area contributed by atoms with Gasteiger partial charge in [-0.15, -0.1) is 0 Å². The Morgan fingerprint density at radius 2 is 1.95 bits per heavy atom. The molecule has 0 amide bonds. The summed E-state index contributed by atoms with van der Waals surface area (Å²) in [5.74, 6) is -0.210. The lowest BCUT2D eigenvalue weighted by Gasteiger charge is -2.31. The Labute approximate surface area is 120 Å². The average Bonchev–Trinajstić information content (AvgIpc) is 2.50. The first-order valence-corrected chi connectivity index (χ1v) is 7.35. The van der Waals surface area contributed by atoms with Gasteiger partial charge in [0.15, 0.2) is 0 Å². The fraction of sp³-hybridized carbons (Fsp3) is 0.562. The minimum Gasteiger partial charge on any atom is -0.459 e. The minimum atomic E-state index is -0.210. The molecule has 20 heavy (non-hydrogen) atoms. The number of carbonyl (C=O) groups is 1. The van der Waals surface area contributed by atoms with Crippen LogP contribution < -0.4 is 0 Å². The lowest BCUT2D eigenvalue weighted by Crippen LogP contribution is -2.39. The SMILES string of the molecule is CCOCCN1CCC(OC(=O)c2ccccc2)CC1. The molecule has 110 valence electrons. The zero-order valence-corrected chi connectivity index (χ0v) is 12.1. The summed E-state index contributed by atoms with van der Waals surface area (Å²) < 4.78 is 10.9. The van der Waals surface area contributed by atoms with E-state index in [-0.39, 0.29) is 12.1 Å². The Hall–Kier alpha value is -1.39. The second-order valence-electron chi connectivity index (χ2n) is 5.01. The fourth-order valence-corrected chi connectivity index (χ4v) is 2.38.